The number of rotatable bonds is 6. The molecule has 0 radical (unpaired) electrons. The maximum Gasteiger partial charge on any atom is 0.328 e. The van der Waals surface area contributed by atoms with E-state index < -0.39 is 5.97 Å². The van der Waals surface area contributed by atoms with Crippen molar-refractivity contribution in [2.75, 3.05) is 0 Å². The van der Waals surface area contributed by atoms with E-state index in [1.54, 1.807) is 12.1 Å². The number of aliphatic carboxylic acids is 1. The summed E-state index contributed by atoms with van der Waals surface area (Å²) in [4.78, 5) is 10.8. The minimum atomic E-state index is -0.995. The number of phenolic OH excluding ortho intramolecular Hbond substituents is 1. The number of hydrogen-bond acceptors (Lipinski definition) is 3. The van der Waals surface area contributed by atoms with Crippen molar-refractivity contribution in [2.24, 2.45) is 0 Å². The van der Waals surface area contributed by atoms with Crippen LogP contribution in [0.3, 0.4) is 0 Å². The second-order valence-corrected chi connectivity index (χ2v) is 8.11. The van der Waals surface area contributed by atoms with Crippen molar-refractivity contribution in [3.8, 4) is 39.5 Å². The molecule has 0 heterocycles. The SMILES string of the molecule is O=C(O)/C=C/c1ccc(Oc2c(-c3ccccc3)c(-c3ccccc3)cc3cc(O)ccc23)cc1. The van der Waals surface area contributed by atoms with Crippen molar-refractivity contribution in [1.82, 2.24) is 0 Å². The molecule has 5 aromatic carbocycles. The van der Waals surface area contributed by atoms with Gasteiger partial charge in [0.1, 0.15) is 17.2 Å². The third kappa shape index (κ3) is 4.77. The lowest BCUT2D eigenvalue weighted by atomic mass is 9.90. The van der Waals surface area contributed by atoms with Gasteiger partial charge in [-0.1, -0.05) is 72.8 Å². The van der Waals surface area contributed by atoms with E-state index >= 15 is 0 Å². The van der Waals surface area contributed by atoms with Crippen molar-refractivity contribution in [3.05, 3.63) is 121 Å². The number of aromatic hydroxyl groups is 1. The van der Waals surface area contributed by atoms with Gasteiger partial charge in [-0.2, -0.15) is 0 Å². The molecule has 0 aliphatic rings. The molecule has 4 heteroatoms. The molecule has 0 fully saturated rings. The van der Waals surface area contributed by atoms with Crippen LogP contribution in [0.5, 0.6) is 17.2 Å². The average Bonchev–Trinajstić information content (AvgIpc) is 2.89. The average molecular weight is 459 g/mol. The molecule has 5 aromatic rings. The Hall–Kier alpha value is -4.83. The summed E-state index contributed by atoms with van der Waals surface area (Å²) in [6.07, 6.45) is 2.64. The van der Waals surface area contributed by atoms with E-state index in [0.717, 1.165) is 44.7 Å². The largest absolute Gasteiger partial charge is 0.508 e. The second kappa shape index (κ2) is 9.57. The quantitative estimate of drug-likeness (QED) is 0.255. The summed E-state index contributed by atoms with van der Waals surface area (Å²) < 4.78 is 6.54. The number of phenols is 1. The summed E-state index contributed by atoms with van der Waals surface area (Å²) in [5, 5.41) is 20.8. The summed E-state index contributed by atoms with van der Waals surface area (Å²) in [6, 6.07) is 34.8. The van der Waals surface area contributed by atoms with E-state index in [4.69, 9.17) is 9.84 Å². The van der Waals surface area contributed by atoms with Crippen LogP contribution < -0.4 is 4.74 Å². The van der Waals surface area contributed by atoms with E-state index in [-0.39, 0.29) is 5.75 Å². The fraction of sp³-hybridized carbons (Fsp3) is 0. The van der Waals surface area contributed by atoms with Crippen LogP contribution in [0.1, 0.15) is 5.56 Å². The monoisotopic (exact) mass is 458 g/mol. The van der Waals surface area contributed by atoms with Gasteiger partial charge in [-0.05, 0) is 70.1 Å². The van der Waals surface area contributed by atoms with Gasteiger partial charge >= 0.3 is 5.97 Å². The first-order chi connectivity index (χ1) is 17.1. The van der Waals surface area contributed by atoms with Crippen LogP contribution in [0.4, 0.5) is 0 Å². The van der Waals surface area contributed by atoms with Gasteiger partial charge in [0.05, 0.1) is 0 Å². The summed E-state index contributed by atoms with van der Waals surface area (Å²) >= 11 is 0. The number of ether oxygens (including phenoxy) is 1. The molecule has 5 rings (SSSR count). The molecule has 0 saturated heterocycles. The van der Waals surface area contributed by atoms with Crippen LogP contribution in [0.2, 0.25) is 0 Å². The van der Waals surface area contributed by atoms with Gasteiger partial charge in [0.25, 0.3) is 0 Å². The molecule has 0 amide bonds. The zero-order valence-corrected chi connectivity index (χ0v) is 18.8. The highest BCUT2D eigenvalue weighted by Gasteiger charge is 2.19. The third-order valence-electron chi connectivity index (χ3n) is 5.74. The molecule has 0 aliphatic heterocycles. The zero-order valence-electron chi connectivity index (χ0n) is 18.8. The van der Waals surface area contributed by atoms with Crippen LogP contribution >= 0.6 is 0 Å². The van der Waals surface area contributed by atoms with Gasteiger partial charge in [-0.15, -0.1) is 0 Å². The number of carbonyl (C=O) groups is 1. The Balaban J connectivity index is 1.73. The lowest BCUT2D eigenvalue weighted by molar-refractivity contribution is -0.131. The van der Waals surface area contributed by atoms with Crippen LogP contribution in [-0.2, 0) is 4.79 Å². The fourth-order valence-corrected chi connectivity index (χ4v) is 4.14. The molecule has 0 aromatic heterocycles. The van der Waals surface area contributed by atoms with Crippen LogP contribution in [0.15, 0.2) is 115 Å². The van der Waals surface area contributed by atoms with Crippen molar-refractivity contribution in [2.45, 2.75) is 0 Å². The Morgan fingerprint density at radius 2 is 1.40 bits per heavy atom. The van der Waals surface area contributed by atoms with Crippen molar-refractivity contribution in [1.29, 1.82) is 0 Å². The van der Waals surface area contributed by atoms with E-state index in [1.807, 2.05) is 66.7 Å². The molecular formula is C31H22O4. The second-order valence-electron chi connectivity index (χ2n) is 8.11. The minimum Gasteiger partial charge on any atom is -0.508 e. The first-order valence-corrected chi connectivity index (χ1v) is 11.2. The fourth-order valence-electron chi connectivity index (χ4n) is 4.14. The van der Waals surface area contributed by atoms with Crippen LogP contribution in [-0.4, -0.2) is 16.2 Å². The maximum atomic E-state index is 10.8. The lowest BCUT2D eigenvalue weighted by Crippen LogP contribution is -1.94. The number of fused-ring (bicyclic) bond motifs is 1. The van der Waals surface area contributed by atoms with E-state index in [2.05, 4.69) is 30.3 Å². The third-order valence-corrected chi connectivity index (χ3v) is 5.74. The molecular weight excluding hydrogens is 436 g/mol. The van der Waals surface area contributed by atoms with Gasteiger partial charge in [0, 0.05) is 17.0 Å². The van der Waals surface area contributed by atoms with E-state index in [0.29, 0.717) is 11.5 Å². The summed E-state index contributed by atoms with van der Waals surface area (Å²) in [5.41, 5.74) is 4.75. The molecule has 2 N–H and O–H groups in total. The molecule has 0 aliphatic carbocycles. The predicted molar refractivity (Wildman–Crippen MR) is 140 cm³/mol. The Morgan fingerprint density at radius 1 is 0.743 bits per heavy atom. The number of hydrogen-bond donors (Lipinski definition) is 2. The first kappa shape index (κ1) is 22.0. The lowest BCUT2D eigenvalue weighted by Gasteiger charge is -2.19. The Labute approximate surface area is 203 Å². The number of carboxylic acid groups (broad SMARTS) is 1. The number of carboxylic acids is 1. The van der Waals surface area contributed by atoms with Crippen LogP contribution in [0.25, 0.3) is 39.1 Å². The van der Waals surface area contributed by atoms with Gasteiger partial charge < -0.3 is 14.9 Å². The standard InChI is InChI=1S/C31H22O4/c32-25-14-17-27-24(19-25)20-28(22-7-3-1-4-8-22)30(23-9-5-2-6-10-23)31(27)35-26-15-11-21(12-16-26)13-18-29(33)34/h1-20,32H,(H,33,34)/b18-13+. The minimum absolute atomic E-state index is 0.185. The van der Waals surface area contributed by atoms with E-state index in [9.17, 15) is 9.90 Å². The van der Waals surface area contributed by atoms with Crippen LogP contribution in [0, 0.1) is 0 Å². The van der Waals surface area contributed by atoms with Crippen molar-refractivity contribution in [3.63, 3.8) is 0 Å². The Morgan fingerprint density at radius 3 is 2.06 bits per heavy atom. The first-order valence-electron chi connectivity index (χ1n) is 11.2. The number of benzene rings is 5. The maximum absolute atomic E-state index is 10.8. The van der Waals surface area contributed by atoms with Gasteiger partial charge in [-0.25, -0.2) is 4.79 Å². The molecule has 0 spiro atoms. The van der Waals surface area contributed by atoms with Gasteiger partial charge in [-0.3, -0.25) is 0 Å². The van der Waals surface area contributed by atoms with Gasteiger partial charge in [0.15, 0.2) is 0 Å². The predicted octanol–water partition coefficient (Wildman–Crippen LogP) is 7.77. The topological polar surface area (TPSA) is 66.8 Å². The summed E-state index contributed by atoms with van der Waals surface area (Å²) in [5.74, 6) is 0.491. The zero-order chi connectivity index (χ0) is 24.2. The van der Waals surface area contributed by atoms with Crippen molar-refractivity contribution < 1.29 is 19.7 Å². The normalized spacial score (nSPS) is 11.1. The molecule has 35 heavy (non-hydrogen) atoms. The highest BCUT2D eigenvalue weighted by molar-refractivity contribution is 6.03. The Bertz CT molecular complexity index is 1520. The van der Waals surface area contributed by atoms with E-state index in [1.165, 1.54) is 6.08 Å². The molecule has 0 atom stereocenters. The molecule has 170 valence electrons. The molecule has 0 bridgehead atoms. The highest BCUT2D eigenvalue weighted by atomic mass is 16.5. The summed E-state index contributed by atoms with van der Waals surface area (Å²) in [6.45, 7) is 0. The summed E-state index contributed by atoms with van der Waals surface area (Å²) in [7, 11) is 0. The van der Waals surface area contributed by atoms with Gasteiger partial charge in [0.2, 0.25) is 0 Å². The Kier molecular flexibility index (Phi) is 6.01. The van der Waals surface area contributed by atoms with Crippen molar-refractivity contribution >= 4 is 22.8 Å². The smallest absolute Gasteiger partial charge is 0.328 e. The highest BCUT2D eigenvalue weighted by Crippen LogP contribution is 2.46. The molecule has 4 nitrogen and oxygen atoms in total. The molecule has 0 unspecified atom stereocenters. The molecule has 0 saturated carbocycles.